The first-order valence-corrected chi connectivity index (χ1v) is 8.29. The summed E-state index contributed by atoms with van der Waals surface area (Å²) in [4.78, 5) is 5.34. The number of likely N-dealkylation sites (tertiary alicyclic amines) is 2. The van der Waals surface area contributed by atoms with Crippen molar-refractivity contribution in [2.45, 2.75) is 52.0 Å². The maximum atomic E-state index is 3.59. The van der Waals surface area contributed by atoms with Crippen LogP contribution < -0.4 is 5.32 Å². The summed E-state index contributed by atoms with van der Waals surface area (Å²) < 4.78 is 0. The normalized spacial score (nSPS) is 24.2. The lowest BCUT2D eigenvalue weighted by atomic mass is 9.94. The van der Waals surface area contributed by atoms with E-state index in [1.807, 2.05) is 0 Å². The Morgan fingerprint density at radius 1 is 1.00 bits per heavy atom. The molecule has 1 N–H and O–H groups in total. The minimum Gasteiger partial charge on any atom is -0.311 e. The van der Waals surface area contributed by atoms with Crippen LogP contribution in [0.15, 0.2) is 0 Å². The molecule has 2 fully saturated rings. The molecule has 2 heterocycles. The summed E-state index contributed by atoms with van der Waals surface area (Å²) in [5.41, 5.74) is 0.260. The Hall–Kier alpha value is -0.120. The molecule has 3 heteroatoms. The lowest BCUT2D eigenvalue weighted by Crippen LogP contribution is -2.51. The van der Waals surface area contributed by atoms with Gasteiger partial charge in [-0.25, -0.2) is 0 Å². The third-order valence-corrected chi connectivity index (χ3v) is 4.70. The van der Waals surface area contributed by atoms with Crippen molar-refractivity contribution in [2.75, 3.05) is 45.8 Å². The number of piperidine rings is 1. The number of nitrogens with zero attached hydrogens (tertiary/aromatic N) is 2. The zero-order chi connectivity index (χ0) is 13.7. The van der Waals surface area contributed by atoms with E-state index in [1.165, 1.54) is 65.0 Å². The van der Waals surface area contributed by atoms with Crippen molar-refractivity contribution in [3.63, 3.8) is 0 Å². The molecule has 0 spiro atoms. The molecule has 19 heavy (non-hydrogen) atoms. The van der Waals surface area contributed by atoms with Gasteiger partial charge in [0, 0.05) is 18.6 Å². The van der Waals surface area contributed by atoms with Crippen LogP contribution in [0.1, 0.15) is 46.5 Å². The Bertz CT molecular complexity index is 251. The second-order valence-electron chi connectivity index (χ2n) is 7.14. The molecule has 0 aromatic heterocycles. The van der Waals surface area contributed by atoms with Crippen molar-refractivity contribution in [3.8, 4) is 0 Å². The topological polar surface area (TPSA) is 18.5 Å². The Morgan fingerprint density at radius 2 is 1.63 bits per heavy atom. The summed E-state index contributed by atoms with van der Waals surface area (Å²) in [5, 5.41) is 3.59. The Kier molecular flexibility index (Phi) is 5.67. The first-order chi connectivity index (χ1) is 9.09. The molecule has 3 nitrogen and oxygen atoms in total. The second-order valence-corrected chi connectivity index (χ2v) is 7.14. The van der Waals surface area contributed by atoms with Gasteiger partial charge in [0.1, 0.15) is 0 Å². The molecule has 0 aromatic carbocycles. The van der Waals surface area contributed by atoms with Crippen LogP contribution in [-0.4, -0.2) is 61.2 Å². The van der Waals surface area contributed by atoms with Gasteiger partial charge in [-0.05, 0) is 78.2 Å². The van der Waals surface area contributed by atoms with Crippen LogP contribution in [0.2, 0.25) is 0 Å². The van der Waals surface area contributed by atoms with Crippen molar-refractivity contribution in [3.05, 3.63) is 0 Å². The van der Waals surface area contributed by atoms with Crippen molar-refractivity contribution >= 4 is 0 Å². The van der Waals surface area contributed by atoms with Crippen LogP contribution in [-0.2, 0) is 0 Å². The van der Waals surface area contributed by atoms with Crippen LogP contribution in [0, 0.1) is 5.92 Å². The smallest absolute Gasteiger partial charge is 0.0252 e. The summed E-state index contributed by atoms with van der Waals surface area (Å²) in [7, 11) is 0. The summed E-state index contributed by atoms with van der Waals surface area (Å²) in [6, 6.07) is 0. The number of rotatable bonds is 6. The summed E-state index contributed by atoms with van der Waals surface area (Å²) in [6.07, 6.45) is 5.66. The van der Waals surface area contributed by atoms with Crippen LogP contribution in [0.25, 0.3) is 0 Å². The van der Waals surface area contributed by atoms with E-state index in [0.717, 1.165) is 12.5 Å². The number of hydrogen-bond donors (Lipinski definition) is 1. The highest BCUT2D eigenvalue weighted by Crippen LogP contribution is 2.21. The van der Waals surface area contributed by atoms with Crippen molar-refractivity contribution < 1.29 is 0 Å². The van der Waals surface area contributed by atoms with Crippen LogP contribution in [0.5, 0.6) is 0 Å². The molecule has 0 radical (unpaired) electrons. The van der Waals surface area contributed by atoms with Gasteiger partial charge in [0.2, 0.25) is 0 Å². The monoisotopic (exact) mass is 267 g/mol. The molecule has 0 aliphatic carbocycles. The average Bonchev–Trinajstić information content (AvgIpc) is 2.84. The molecular weight excluding hydrogens is 234 g/mol. The summed E-state index contributed by atoms with van der Waals surface area (Å²) >= 11 is 0. The van der Waals surface area contributed by atoms with E-state index < -0.39 is 0 Å². The third kappa shape index (κ3) is 5.05. The third-order valence-electron chi connectivity index (χ3n) is 4.70. The number of likely N-dealkylation sites (N-methyl/N-ethyl adjacent to an activating group) is 1. The molecule has 2 aliphatic heterocycles. The van der Waals surface area contributed by atoms with Gasteiger partial charge in [0.15, 0.2) is 0 Å². The number of nitrogens with one attached hydrogen (secondary N) is 1. The highest BCUT2D eigenvalue weighted by molar-refractivity contribution is 4.84. The lowest BCUT2D eigenvalue weighted by Gasteiger charge is -2.38. The van der Waals surface area contributed by atoms with Crippen molar-refractivity contribution in [1.29, 1.82) is 0 Å². The average molecular weight is 267 g/mol. The lowest BCUT2D eigenvalue weighted by molar-refractivity contribution is 0.127. The van der Waals surface area contributed by atoms with E-state index in [0.29, 0.717) is 0 Å². The van der Waals surface area contributed by atoms with Gasteiger partial charge in [-0.15, -0.1) is 0 Å². The predicted molar refractivity (Wildman–Crippen MR) is 82.6 cm³/mol. The summed E-state index contributed by atoms with van der Waals surface area (Å²) in [6.45, 7) is 15.8. The van der Waals surface area contributed by atoms with Crippen LogP contribution in [0.3, 0.4) is 0 Å². The standard InChI is InChI=1S/C16H33N3/c1-4-17-16(2,3)14-19-11-7-15(8-12-19)13-18-9-5-6-10-18/h15,17H,4-14H2,1-3H3. The van der Waals surface area contributed by atoms with E-state index in [-0.39, 0.29) is 5.54 Å². The zero-order valence-corrected chi connectivity index (χ0v) is 13.2. The number of hydrogen-bond acceptors (Lipinski definition) is 3. The first-order valence-electron chi connectivity index (χ1n) is 8.29. The minimum absolute atomic E-state index is 0.260. The molecule has 0 unspecified atom stereocenters. The molecule has 112 valence electrons. The maximum absolute atomic E-state index is 3.59. The molecule has 0 amide bonds. The Labute approximate surface area is 119 Å². The fraction of sp³-hybridized carbons (Fsp3) is 1.00. The Balaban J connectivity index is 1.67. The van der Waals surface area contributed by atoms with E-state index in [1.54, 1.807) is 0 Å². The van der Waals surface area contributed by atoms with Gasteiger partial charge in [0.05, 0.1) is 0 Å². The highest BCUT2D eigenvalue weighted by atomic mass is 15.2. The Morgan fingerprint density at radius 3 is 2.21 bits per heavy atom. The SMILES string of the molecule is CCNC(C)(C)CN1CCC(CN2CCCC2)CC1. The highest BCUT2D eigenvalue weighted by Gasteiger charge is 2.26. The molecule has 0 atom stereocenters. The van der Waals surface area contributed by atoms with Gasteiger partial charge in [-0.2, -0.15) is 0 Å². The van der Waals surface area contributed by atoms with E-state index in [4.69, 9.17) is 0 Å². The molecular formula is C16H33N3. The molecule has 0 saturated carbocycles. The predicted octanol–water partition coefficient (Wildman–Crippen LogP) is 2.18. The zero-order valence-electron chi connectivity index (χ0n) is 13.2. The van der Waals surface area contributed by atoms with Crippen molar-refractivity contribution in [1.82, 2.24) is 15.1 Å². The van der Waals surface area contributed by atoms with E-state index in [2.05, 4.69) is 35.9 Å². The second kappa shape index (κ2) is 7.05. The molecule has 2 aliphatic rings. The van der Waals surface area contributed by atoms with E-state index >= 15 is 0 Å². The van der Waals surface area contributed by atoms with Crippen molar-refractivity contribution in [2.24, 2.45) is 5.92 Å². The molecule has 0 aromatic rings. The minimum atomic E-state index is 0.260. The maximum Gasteiger partial charge on any atom is 0.0252 e. The largest absolute Gasteiger partial charge is 0.311 e. The van der Waals surface area contributed by atoms with Gasteiger partial charge in [0.25, 0.3) is 0 Å². The van der Waals surface area contributed by atoms with Gasteiger partial charge >= 0.3 is 0 Å². The van der Waals surface area contributed by atoms with Gasteiger partial charge in [-0.1, -0.05) is 6.92 Å². The first kappa shape index (κ1) is 15.3. The van der Waals surface area contributed by atoms with Gasteiger partial charge < -0.3 is 15.1 Å². The molecule has 2 saturated heterocycles. The molecule has 2 rings (SSSR count). The quantitative estimate of drug-likeness (QED) is 0.796. The fourth-order valence-corrected chi connectivity index (χ4v) is 3.75. The van der Waals surface area contributed by atoms with Gasteiger partial charge in [-0.3, -0.25) is 0 Å². The fourth-order valence-electron chi connectivity index (χ4n) is 3.75. The van der Waals surface area contributed by atoms with Crippen LogP contribution in [0.4, 0.5) is 0 Å². The molecule has 0 bridgehead atoms. The van der Waals surface area contributed by atoms with E-state index in [9.17, 15) is 0 Å². The van der Waals surface area contributed by atoms with Crippen LogP contribution >= 0.6 is 0 Å². The summed E-state index contributed by atoms with van der Waals surface area (Å²) in [5.74, 6) is 0.955.